The van der Waals surface area contributed by atoms with Crippen molar-refractivity contribution in [2.45, 2.75) is 489 Å². The monoisotopic (exact) mass is 1600 g/mol. The summed E-state index contributed by atoms with van der Waals surface area (Å²) in [5.74, 6) is -0.610. The van der Waals surface area contributed by atoms with Crippen molar-refractivity contribution in [2.75, 3.05) is 65.7 Å². The minimum Gasteiger partial charge on any atom is -0.466 e. The Morgan fingerprint density at radius 2 is 0.412 bits per heavy atom. The number of carbonyl (C=O) groups excluding carboxylic acids is 6. The minimum absolute atomic E-state index is 0.0963. The molecule has 2 N–H and O–H groups in total. The second-order valence-corrected chi connectivity index (χ2v) is 33.8. The van der Waals surface area contributed by atoms with Crippen LogP contribution < -0.4 is 10.6 Å². The molecule has 114 heavy (non-hydrogen) atoms. The Bertz CT molecular complexity index is 1990. The van der Waals surface area contributed by atoms with Crippen molar-refractivity contribution in [1.29, 1.82) is 0 Å². The van der Waals surface area contributed by atoms with E-state index in [0.717, 1.165) is 219 Å². The second kappa shape index (κ2) is 88.0. The Labute approximate surface area is 703 Å². The summed E-state index contributed by atoms with van der Waals surface area (Å²) in [7, 11) is 0. The van der Waals surface area contributed by atoms with Crippen molar-refractivity contribution >= 4 is 35.7 Å². The number of hydrogen-bond donors (Lipinski definition) is 2. The number of amides is 2. The molecule has 1 heterocycles. The van der Waals surface area contributed by atoms with Gasteiger partial charge in [-0.05, 0) is 258 Å². The quantitative estimate of drug-likeness (QED) is 0.0256. The van der Waals surface area contributed by atoms with Gasteiger partial charge in [0.1, 0.15) is 12.1 Å². The molecule has 0 aliphatic carbocycles. The average Bonchev–Trinajstić information content (AvgIpc) is 0.846. The maximum Gasteiger partial charge on any atom is 0.305 e. The first-order valence-electron chi connectivity index (χ1n) is 49.4. The van der Waals surface area contributed by atoms with Gasteiger partial charge >= 0.3 is 23.9 Å². The van der Waals surface area contributed by atoms with Crippen LogP contribution in [0.1, 0.15) is 477 Å². The zero-order valence-corrected chi connectivity index (χ0v) is 75.3. The predicted molar refractivity (Wildman–Crippen MR) is 483 cm³/mol. The van der Waals surface area contributed by atoms with Gasteiger partial charge in [0, 0.05) is 25.7 Å². The van der Waals surface area contributed by atoms with E-state index in [0.29, 0.717) is 65.0 Å². The highest BCUT2D eigenvalue weighted by Crippen LogP contribution is 2.19. The Balaban J connectivity index is 2.64. The van der Waals surface area contributed by atoms with Gasteiger partial charge in [-0.1, -0.05) is 282 Å². The summed E-state index contributed by atoms with van der Waals surface area (Å²) < 4.78 is 22.7. The van der Waals surface area contributed by atoms with Crippen LogP contribution in [0.25, 0.3) is 0 Å². The molecule has 1 rings (SSSR count). The second-order valence-electron chi connectivity index (χ2n) is 33.8. The van der Waals surface area contributed by atoms with Gasteiger partial charge in [0.25, 0.3) is 0 Å². The molecule has 14 nitrogen and oxygen atoms in total. The highest BCUT2D eigenvalue weighted by atomic mass is 16.5. The number of piperazine rings is 1. The van der Waals surface area contributed by atoms with Crippen LogP contribution in [0.3, 0.4) is 0 Å². The lowest BCUT2D eigenvalue weighted by atomic mass is 10.0. The summed E-state index contributed by atoms with van der Waals surface area (Å²) in [5, 5.41) is 6.14. The third kappa shape index (κ3) is 77.6. The normalized spacial score (nSPS) is 13.9. The number of esters is 4. The molecule has 1 aliphatic heterocycles. The number of carbonyl (C=O) groups is 6. The number of unbranched alkanes of at least 4 members (excludes halogenated alkanes) is 50. The lowest BCUT2D eigenvalue weighted by molar-refractivity contribution is -0.144. The van der Waals surface area contributed by atoms with Crippen LogP contribution in [-0.4, -0.2) is 123 Å². The van der Waals surface area contributed by atoms with Crippen LogP contribution in [0, 0.1) is 0 Å². The van der Waals surface area contributed by atoms with E-state index in [1.54, 1.807) is 0 Å². The molecule has 0 aromatic heterocycles. The Kier molecular flexibility index (Phi) is 83.1. The van der Waals surface area contributed by atoms with Crippen LogP contribution in [-0.2, 0) is 47.7 Å². The molecule has 2 atom stereocenters. The highest BCUT2D eigenvalue weighted by molar-refractivity contribution is 5.96. The number of allylic oxidation sites excluding steroid dienone is 8. The van der Waals surface area contributed by atoms with E-state index in [1.165, 1.54) is 231 Å². The molecule has 1 saturated heterocycles. The topological polar surface area (TPSA) is 170 Å². The first-order valence-corrected chi connectivity index (χ1v) is 49.4. The van der Waals surface area contributed by atoms with E-state index < -0.39 is 12.1 Å². The van der Waals surface area contributed by atoms with Crippen molar-refractivity contribution in [2.24, 2.45) is 0 Å². The fraction of sp³-hybridized carbons (Fsp3) is 0.860. The van der Waals surface area contributed by atoms with Crippen LogP contribution >= 0.6 is 0 Å². The molecule has 1 aliphatic rings. The summed E-state index contributed by atoms with van der Waals surface area (Å²) >= 11 is 0. The number of nitrogens with zero attached hydrogens (tertiary/aromatic N) is 2. The predicted octanol–water partition coefficient (Wildman–Crippen LogP) is 27.4. The van der Waals surface area contributed by atoms with Gasteiger partial charge in [-0.3, -0.25) is 28.8 Å². The van der Waals surface area contributed by atoms with Crippen molar-refractivity contribution < 1.29 is 47.7 Å². The zero-order valence-electron chi connectivity index (χ0n) is 75.3. The number of hydrogen-bond acceptors (Lipinski definition) is 12. The summed E-state index contributed by atoms with van der Waals surface area (Å²) in [4.78, 5) is 82.6. The van der Waals surface area contributed by atoms with E-state index in [2.05, 4.69) is 96.7 Å². The minimum atomic E-state index is -0.557. The van der Waals surface area contributed by atoms with Crippen LogP contribution in [0.15, 0.2) is 48.6 Å². The van der Waals surface area contributed by atoms with Crippen LogP contribution in [0.2, 0.25) is 0 Å². The zero-order chi connectivity index (χ0) is 82.2. The Morgan fingerprint density at radius 1 is 0.237 bits per heavy atom. The van der Waals surface area contributed by atoms with E-state index in [4.69, 9.17) is 18.9 Å². The molecule has 0 spiro atoms. The number of ether oxygens (including phenoxy) is 4. The van der Waals surface area contributed by atoms with Gasteiger partial charge in [0.15, 0.2) is 0 Å². The first-order chi connectivity index (χ1) is 56.1. The standard InChI is InChI=1S/C100H184N4O10/c1-5-9-13-17-21-25-29-33-37-41-45-49-53-57-61-79-95(105)111-89-73-69-85-103(86-70-74-90-112-96(106)80-62-58-54-50-46-42-38-34-30-26-22-18-14-10-6-2)83-67-65-77-93-99(109)102-94(100(110)101-93)78-66-68-84-104(87-71-75-91-113-97(107)81-63-59-55-51-47-43-39-35-31-27-23-19-15-11-7-3)88-72-76-92-114-98(108)82-64-60-56-52-48-44-40-36-32-28-24-20-16-12-8-4/h33-40,93-94H,5-32,41-92H2,1-4H3,(H,101,110)(H,102,109)/b37-33-,38-34-,39-35-,40-36-. The van der Waals surface area contributed by atoms with Crippen LogP contribution in [0.5, 0.6) is 0 Å². The van der Waals surface area contributed by atoms with E-state index in [9.17, 15) is 28.8 Å². The van der Waals surface area contributed by atoms with Gasteiger partial charge in [0.05, 0.1) is 26.4 Å². The smallest absolute Gasteiger partial charge is 0.305 e. The first kappa shape index (κ1) is 108. The lowest BCUT2D eigenvalue weighted by Gasteiger charge is -2.30. The summed E-state index contributed by atoms with van der Waals surface area (Å²) in [6.45, 7) is 16.0. The van der Waals surface area contributed by atoms with Gasteiger partial charge < -0.3 is 39.4 Å². The van der Waals surface area contributed by atoms with Crippen LogP contribution in [0.4, 0.5) is 0 Å². The SMILES string of the molecule is CCCCCCCC/C=C\CCCCCCCC(=O)OCCCCN(CCCCOC(=O)CCCCCCC/C=C\CCCCCCCC)CCCCC1NC(=O)C(CCCCN(CCCCOC(=O)CCCCCCC/C=C\CCCCCCCC)CCCCOC(=O)CCCCCCC/C=C\CCCCCCCC)NC1=O. The van der Waals surface area contributed by atoms with Gasteiger partial charge in [-0.2, -0.15) is 0 Å². The lowest BCUT2D eigenvalue weighted by Crippen LogP contribution is -2.61. The van der Waals surface area contributed by atoms with Crippen molar-refractivity contribution in [3.05, 3.63) is 48.6 Å². The molecule has 0 aromatic carbocycles. The fourth-order valence-corrected chi connectivity index (χ4v) is 15.3. The van der Waals surface area contributed by atoms with E-state index >= 15 is 0 Å². The third-order valence-corrected chi connectivity index (χ3v) is 22.8. The van der Waals surface area contributed by atoms with Gasteiger partial charge in [0.2, 0.25) is 11.8 Å². The summed E-state index contributed by atoms with van der Waals surface area (Å²) in [6.07, 6.45) is 95.9. The fourth-order valence-electron chi connectivity index (χ4n) is 15.3. The molecule has 1 fully saturated rings. The molecule has 0 aromatic rings. The van der Waals surface area contributed by atoms with Gasteiger partial charge in [-0.15, -0.1) is 0 Å². The number of nitrogens with one attached hydrogen (secondary N) is 2. The molecular weight excluding hydrogens is 1420 g/mol. The molecule has 14 heteroatoms. The third-order valence-electron chi connectivity index (χ3n) is 22.8. The maximum atomic E-state index is 13.6. The average molecular weight is 1600 g/mol. The molecule has 0 bridgehead atoms. The molecule has 664 valence electrons. The van der Waals surface area contributed by atoms with Crippen molar-refractivity contribution in [1.82, 2.24) is 20.4 Å². The molecule has 2 unspecified atom stereocenters. The number of rotatable bonds is 90. The van der Waals surface area contributed by atoms with Crippen molar-refractivity contribution in [3.8, 4) is 0 Å². The van der Waals surface area contributed by atoms with Crippen molar-refractivity contribution in [3.63, 3.8) is 0 Å². The summed E-state index contributed by atoms with van der Waals surface area (Å²) in [6, 6.07) is -1.11. The van der Waals surface area contributed by atoms with E-state index in [-0.39, 0.29) is 35.7 Å². The molecule has 2 amide bonds. The molecule has 0 saturated carbocycles. The largest absolute Gasteiger partial charge is 0.466 e. The van der Waals surface area contributed by atoms with Gasteiger partial charge in [-0.25, -0.2) is 0 Å². The summed E-state index contributed by atoms with van der Waals surface area (Å²) in [5.41, 5.74) is 0. The maximum absolute atomic E-state index is 13.6. The van der Waals surface area contributed by atoms with E-state index in [1.807, 2.05) is 0 Å². The highest BCUT2D eigenvalue weighted by Gasteiger charge is 2.33. The molecular formula is C100H184N4O10. The Hall–Kier alpha value is -4.30. The Morgan fingerprint density at radius 3 is 0.614 bits per heavy atom. The molecule has 0 radical (unpaired) electrons.